The first-order valence-electron chi connectivity index (χ1n) is 13.3. The Morgan fingerprint density at radius 1 is 1.15 bits per heavy atom. The van der Waals surface area contributed by atoms with Crippen LogP contribution in [0.25, 0.3) is 11.4 Å². The molecule has 0 radical (unpaired) electrons. The first kappa shape index (κ1) is 28.2. The van der Waals surface area contributed by atoms with Crippen LogP contribution < -0.4 is 15.5 Å². The molecule has 1 aliphatic carbocycles. The van der Waals surface area contributed by atoms with Gasteiger partial charge in [-0.05, 0) is 70.0 Å². The van der Waals surface area contributed by atoms with Crippen molar-refractivity contribution in [3.8, 4) is 11.4 Å². The number of rotatable bonds is 8. The highest BCUT2D eigenvalue weighted by atomic mass is 32.3. The van der Waals surface area contributed by atoms with Crippen LogP contribution in [-0.2, 0) is 9.48 Å². The van der Waals surface area contributed by atoms with Gasteiger partial charge in [0.1, 0.15) is 10.6 Å². The quantitative estimate of drug-likeness (QED) is 0.265. The minimum absolute atomic E-state index is 0.0910. The average Bonchev–Trinajstić information content (AvgIpc) is 3.77. The molecule has 40 heavy (non-hydrogen) atoms. The summed E-state index contributed by atoms with van der Waals surface area (Å²) in [6, 6.07) is 12.0. The number of benzene rings is 1. The molecule has 2 aromatic heterocycles. The van der Waals surface area contributed by atoms with Crippen LogP contribution in [0.5, 0.6) is 0 Å². The van der Waals surface area contributed by atoms with Gasteiger partial charge in [0.15, 0.2) is 5.82 Å². The van der Waals surface area contributed by atoms with Crippen LogP contribution >= 0.6 is 10.6 Å². The summed E-state index contributed by atoms with van der Waals surface area (Å²) < 4.78 is 27.8. The van der Waals surface area contributed by atoms with Gasteiger partial charge in [0, 0.05) is 36.3 Å². The standard InChI is InChI=1S/C28H36N6O5S/c1-19-17-39-15-14-34(19)24-16-23(28(10-11-28)40(37,38)22-8-12-29-13-9-22)31-25(32-24)20-4-6-21(7-5-20)30-26(36)33-27(2,3)18-35/h4-9,12-13,16,19,35,37-38H,10-11,14-15,17-18H2,1-3H3,(H2,30,33,36)/t19-/m0/s1. The van der Waals surface area contributed by atoms with Crippen molar-refractivity contribution in [3.05, 3.63) is 60.6 Å². The van der Waals surface area contributed by atoms with E-state index in [0.717, 1.165) is 5.56 Å². The Hall–Kier alpha value is -3.29. The van der Waals surface area contributed by atoms with Crippen LogP contribution in [0.2, 0.25) is 0 Å². The molecule has 3 aromatic rings. The molecule has 2 amide bonds. The number of anilines is 2. The van der Waals surface area contributed by atoms with E-state index < -0.39 is 26.9 Å². The number of aliphatic hydroxyl groups is 1. The van der Waals surface area contributed by atoms with E-state index in [-0.39, 0.29) is 12.6 Å². The number of aliphatic hydroxyl groups excluding tert-OH is 1. The summed E-state index contributed by atoms with van der Waals surface area (Å²) in [6.45, 7) is 7.14. The maximum absolute atomic E-state index is 12.3. The molecule has 1 saturated heterocycles. The molecule has 5 N–H and O–H groups in total. The van der Waals surface area contributed by atoms with Gasteiger partial charge in [-0.25, -0.2) is 14.8 Å². The van der Waals surface area contributed by atoms with E-state index >= 15 is 0 Å². The molecule has 0 unspecified atom stereocenters. The van der Waals surface area contributed by atoms with E-state index in [1.54, 1.807) is 50.5 Å². The summed E-state index contributed by atoms with van der Waals surface area (Å²) >= 11 is 0. The monoisotopic (exact) mass is 568 g/mol. The van der Waals surface area contributed by atoms with Crippen molar-refractivity contribution in [2.45, 2.75) is 54.8 Å². The van der Waals surface area contributed by atoms with Crippen LogP contribution in [0, 0.1) is 0 Å². The molecule has 0 bridgehead atoms. The van der Waals surface area contributed by atoms with Crippen molar-refractivity contribution in [2.75, 3.05) is 36.6 Å². The Bertz CT molecular complexity index is 1350. The fraction of sp³-hybridized carbons (Fsp3) is 0.429. The lowest BCUT2D eigenvalue weighted by Crippen LogP contribution is -2.48. The summed E-state index contributed by atoms with van der Waals surface area (Å²) in [7, 11) is -3.22. The summed E-state index contributed by atoms with van der Waals surface area (Å²) in [5, 5.41) is 14.9. The van der Waals surface area contributed by atoms with Crippen molar-refractivity contribution in [3.63, 3.8) is 0 Å². The average molecular weight is 569 g/mol. The molecule has 1 atom stereocenters. The van der Waals surface area contributed by atoms with Gasteiger partial charge in [-0.15, -0.1) is 0 Å². The molecule has 11 nitrogen and oxygen atoms in total. The Labute approximate surface area is 235 Å². The second-order valence-corrected chi connectivity index (χ2v) is 13.3. The highest BCUT2D eigenvalue weighted by molar-refractivity contribution is 8.25. The lowest BCUT2D eigenvalue weighted by atomic mass is 10.1. The van der Waals surface area contributed by atoms with E-state index in [2.05, 4.69) is 27.4 Å². The predicted molar refractivity (Wildman–Crippen MR) is 155 cm³/mol. The molecular formula is C28H36N6O5S. The maximum atomic E-state index is 12.3. The molecule has 5 rings (SSSR count). The number of amides is 2. The predicted octanol–water partition coefficient (Wildman–Crippen LogP) is 4.45. The molecule has 1 aromatic carbocycles. The topological polar surface area (TPSA) is 153 Å². The summed E-state index contributed by atoms with van der Waals surface area (Å²) in [5.74, 6) is 1.17. The molecule has 1 saturated carbocycles. The van der Waals surface area contributed by atoms with Crippen molar-refractivity contribution >= 4 is 28.1 Å². The van der Waals surface area contributed by atoms with Crippen molar-refractivity contribution in [1.29, 1.82) is 0 Å². The van der Waals surface area contributed by atoms with Crippen molar-refractivity contribution < 1.29 is 23.7 Å². The third kappa shape index (κ3) is 5.63. The number of nitrogens with zero attached hydrogens (tertiary/aromatic N) is 4. The zero-order valence-corrected chi connectivity index (χ0v) is 23.7. The van der Waals surface area contributed by atoms with Gasteiger partial charge in [-0.2, -0.15) is 10.6 Å². The number of aromatic nitrogens is 3. The van der Waals surface area contributed by atoms with Gasteiger partial charge in [0.25, 0.3) is 0 Å². The zero-order chi connectivity index (χ0) is 28.5. The Morgan fingerprint density at radius 3 is 2.48 bits per heavy atom. The summed E-state index contributed by atoms with van der Waals surface area (Å²) in [5.41, 5.74) is 1.13. The second-order valence-electron chi connectivity index (χ2n) is 11.0. The first-order chi connectivity index (χ1) is 19.0. The normalized spacial score (nSPS) is 19.1. The number of pyridine rings is 1. The van der Waals surface area contributed by atoms with E-state index in [4.69, 9.17) is 14.7 Å². The second kappa shape index (κ2) is 10.9. The highest BCUT2D eigenvalue weighted by Crippen LogP contribution is 2.75. The van der Waals surface area contributed by atoms with Gasteiger partial charge < -0.3 is 25.4 Å². The molecule has 2 aliphatic rings. The number of morpholine rings is 1. The molecule has 1 aliphatic heterocycles. The highest BCUT2D eigenvalue weighted by Gasteiger charge is 2.57. The minimum atomic E-state index is -3.22. The van der Waals surface area contributed by atoms with Gasteiger partial charge in [-0.3, -0.25) is 14.1 Å². The summed E-state index contributed by atoms with van der Waals surface area (Å²) in [6.07, 6.45) is 4.31. The lowest BCUT2D eigenvalue weighted by molar-refractivity contribution is 0.0985. The van der Waals surface area contributed by atoms with E-state index in [1.807, 2.05) is 18.2 Å². The third-order valence-corrected chi connectivity index (χ3v) is 9.95. The van der Waals surface area contributed by atoms with Crippen LogP contribution in [0.3, 0.4) is 0 Å². The van der Waals surface area contributed by atoms with E-state index in [9.17, 15) is 19.0 Å². The molecule has 2 fully saturated rings. The van der Waals surface area contributed by atoms with E-state index in [1.165, 1.54) is 0 Å². The Balaban J connectivity index is 1.49. The number of carbonyl (C=O) groups excluding carboxylic acids is 1. The molecule has 0 spiro atoms. The smallest absolute Gasteiger partial charge is 0.319 e. The first-order valence-corrected chi connectivity index (χ1v) is 14.8. The van der Waals surface area contributed by atoms with E-state index in [0.29, 0.717) is 60.5 Å². The van der Waals surface area contributed by atoms with Gasteiger partial charge in [0.2, 0.25) is 0 Å². The van der Waals surface area contributed by atoms with Gasteiger partial charge in [-0.1, -0.05) is 0 Å². The minimum Gasteiger partial charge on any atom is -0.394 e. The number of hydrogen-bond acceptors (Lipinski definition) is 9. The van der Waals surface area contributed by atoms with Crippen molar-refractivity contribution in [1.82, 2.24) is 20.3 Å². The number of hydrogen-bond donors (Lipinski definition) is 5. The lowest BCUT2D eigenvalue weighted by Gasteiger charge is -2.41. The Morgan fingerprint density at radius 2 is 1.85 bits per heavy atom. The number of carbonyl (C=O) groups is 1. The Kier molecular flexibility index (Phi) is 7.73. The van der Waals surface area contributed by atoms with Crippen LogP contribution in [0.1, 0.15) is 39.3 Å². The molecule has 214 valence electrons. The zero-order valence-electron chi connectivity index (χ0n) is 22.9. The maximum Gasteiger partial charge on any atom is 0.319 e. The SMILES string of the molecule is C[C@H]1COCCN1c1cc(C2(S(O)(O)c3ccncc3)CC2)nc(-c2ccc(NC(=O)NC(C)(C)CO)cc2)n1. The van der Waals surface area contributed by atoms with Crippen LogP contribution in [0.15, 0.2) is 59.8 Å². The van der Waals surface area contributed by atoms with Gasteiger partial charge in [0.05, 0.1) is 42.0 Å². The van der Waals surface area contributed by atoms with Crippen LogP contribution in [-0.4, -0.2) is 73.1 Å². The fourth-order valence-corrected chi connectivity index (χ4v) is 6.80. The van der Waals surface area contributed by atoms with Gasteiger partial charge >= 0.3 is 6.03 Å². The van der Waals surface area contributed by atoms with Crippen LogP contribution in [0.4, 0.5) is 16.3 Å². The molecular weight excluding hydrogens is 532 g/mol. The number of urea groups is 1. The fourth-order valence-electron chi connectivity index (χ4n) is 4.78. The number of ether oxygens (including phenoxy) is 1. The summed E-state index contributed by atoms with van der Waals surface area (Å²) in [4.78, 5) is 28.8. The largest absolute Gasteiger partial charge is 0.394 e. The third-order valence-electron chi connectivity index (χ3n) is 7.32. The molecule has 12 heteroatoms. The molecule has 3 heterocycles. The number of nitrogens with one attached hydrogen (secondary N) is 2. The van der Waals surface area contributed by atoms with Crippen molar-refractivity contribution in [2.24, 2.45) is 0 Å².